The van der Waals surface area contributed by atoms with Gasteiger partial charge in [0.15, 0.2) is 15.6 Å². The third-order valence-electron chi connectivity index (χ3n) is 2.50. The first-order valence-corrected chi connectivity index (χ1v) is 8.03. The fourth-order valence-corrected chi connectivity index (χ4v) is 2.97. The van der Waals surface area contributed by atoms with Gasteiger partial charge in [-0.1, -0.05) is 26.0 Å². The molecule has 0 spiro atoms. The van der Waals surface area contributed by atoms with Crippen molar-refractivity contribution in [2.45, 2.75) is 33.1 Å². The minimum atomic E-state index is -3.36. The lowest BCUT2D eigenvalue weighted by molar-refractivity contribution is -0.115. The molecule has 0 aromatic rings. The fourth-order valence-electron chi connectivity index (χ4n) is 1.40. The van der Waals surface area contributed by atoms with Gasteiger partial charge in [-0.25, -0.2) is 8.42 Å². The van der Waals surface area contributed by atoms with Crippen molar-refractivity contribution in [1.82, 2.24) is 0 Å². The summed E-state index contributed by atoms with van der Waals surface area (Å²) in [7, 11) is -3.36. The van der Waals surface area contributed by atoms with E-state index in [1.54, 1.807) is 13.0 Å². The second-order valence-electron chi connectivity index (χ2n) is 4.21. The van der Waals surface area contributed by atoms with Crippen molar-refractivity contribution in [2.24, 2.45) is 5.73 Å². The van der Waals surface area contributed by atoms with E-state index in [0.717, 1.165) is 6.42 Å². The smallest absolute Gasteiger partial charge is 0.178 e. The SMILES string of the molecule is C=C(C=C(C=CC)S(=O)(=O)CCCC)C(=O)CCN. The summed E-state index contributed by atoms with van der Waals surface area (Å²) in [5.74, 6) is -0.145. The predicted molar refractivity (Wildman–Crippen MR) is 79.4 cm³/mol. The molecule has 19 heavy (non-hydrogen) atoms. The molecule has 0 radical (unpaired) electrons. The number of nitrogens with two attached hydrogens (primary N) is 1. The van der Waals surface area contributed by atoms with Crippen LogP contribution in [-0.4, -0.2) is 26.5 Å². The highest BCUT2D eigenvalue weighted by atomic mass is 32.2. The van der Waals surface area contributed by atoms with Crippen LogP contribution >= 0.6 is 0 Å². The molecule has 0 heterocycles. The molecule has 0 aromatic heterocycles. The first-order valence-electron chi connectivity index (χ1n) is 6.38. The molecule has 0 fully saturated rings. The molecule has 2 N–H and O–H groups in total. The van der Waals surface area contributed by atoms with Crippen molar-refractivity contribution in [3.8, 4) is 0 Å². The van der Waals surface area contributed by atoms with Gasteiger partial charge in [0.25, 0.3) is 0 Å². The highest BCUT2D eigenvalue weighted by Gasteiger charge is 2.16. The van der Waals surface area contributed by atoms with Gasteiger partial charge in [0.2, 0.25) is 0 Å². The minimum absolute atomic E-state index is 0.0814. The Morgan fingerprint density at radius 3 is 2.47 bits per heavy atom. The second-order valence-corrected chi connectivity index (χ2v) is 6.32. The number of carbonyl (C=O) groups excluding carboxylic acids is 1. The van der Waals surface area contributed by atoms with Crippen LogP contribution in [0.25, 0.3) is 0 Å². The first kappa shape index (κ1) is 17.8. The Morgan fingerprint density at radius 1 is 1.37 bits per heavy atom. The molecule has 5 heteroatoms. The lowest BCUT2D eigenvalue weighted by Gasteiger charge is -2.06. The molecule has 0 saturated carbocycles. The lowest BCUT2D eigenvalue weighted by Crippen LogP contribution is -2.11. The Bertz CT molecular complexity index is 473. The molecule has 0 rings (SSSR count). The summed E-state index contributed by atoms with van der Waals surface area (Å²) in [6.45, 7) is 7.50. The predicted octanol–water partition coefficient (Wildman–Crippen LogP) is 2.14. The molecular weight excluding hydrogens is 262 g/mol. The molecule has 0 amide bonds. The third-order valence-corrected chi connectivity index (χ3v) is 4.30. The summed E-state index contributed by atoms with van der Waals surface area (Å²) < 4.78 is 24.2. The van der Waals surface area contributed by atoms with E-state index in [-0.39, 0.29) is 35.0 Å². The van der Waals surface area contributed by atoms with Gasteiger partial charge in [-0.3, -0.25) is 4.79 Å². The van der Waals surface area contributed by atoms with E-state index in [4.69, 9.17) is 5.73 Å². The quantitative estimate of drug-likeness (QED) is 0.520. The van der Waals surface area contributed by atoms with E-state index in [9.17, 15) is 13.2 Å². The van der Waals surface area contributed by atoms with Gasteiger partial charge in [0, 0.05) is 12.0 Å². The van der Waals surface area contributed by atoms with Crippen LogP contribution in [-0.2, 0) is 14.6 Å². The monoisotopic (exact) mass is 285 g/mol. The molecule has 0 aliphatic carbocycles. The highest BCUT2D eigenvalue weighted by molar-refractivity contribution is 7.95. The van der Waals surface area contributed by atoms with Crippen molar-refractivity contribution in [3.05, 3.63) is 35.3 Å². The summed E-state index contributed by atoms with van der Waals surface area (Å²) in [5.41, 5.74) is 5.47. The number of rotatable bonds is 9. The van der Waals surface area contributed by atoms with Crippen LogP contribution in [0.3, 0.4) is 0 Å². The maximum absolute atomic E-state index is 12.1. The molecule has 0 atom stereocenters. The van der Waals surface area contributed by atoms with Crippen molar-refractivity contribution in [1.29, 1.82) is 0 Å². The van der Waals surface area contributed by atoms with Crippen LogP contribution in [0, 0.1) is 0 Å². The number of hydrogen-bond acceptors (Lipinski definition) is 4. The normalized spacial score (nSPS) is 12.9. The summed E-state index contributed by atoms with van der Waals surface area (Å²) in [6, 6.07) is 0. The standard InChI is InChI=1S/C14H23NO3S/c1-4-6-10-19(17,18)13(7-5-2)11-12(3)14(16)8-9-15/h5,7,11H,3-4,6,8-10,15H2,1-2H3. The van der Waals surface area contributed by atoms with E-state index < -0.39 is 9.84 Å². The van der Waals surface area contributed by atoms with Crippen LogP contribution in [0.1, 0.15) is 33.1 Å². The van der Waals surface area contributed by atoms with Gasteiger partial charge in [-0.05, 0) is 32.0 Å². The Hall–Kier alpha value is -1.20. The van der Waals surface area contributed by atoms with E-state index in [1.807, 2.05) is 6.92 Å². The molecule has 0 bridgehead atoms. The van der Waals surface area contributed by atoms with Crippen LogP contribution < -0.4 is 5.73 Å². The average molecular weight is 285 g/mol. The molecule has 0 aliphatic rings. The zero-order valence-electron chi connectivity index (χ0n) is 11.7. The van der Waals surface area contributed by atoms with E-state index in [2.05, 4.69) is 6.58 Å². The maximum Gasteiger partial charge on any atom is 0.178 e. The number of allylic oxidation sites excluding steroid dienone is 4. The molecule has 0 unspecified atom stereocenters. The van der Waals surface area contributed by atoms with Gasteiger partial charge < -0.3 is 5.73 Å². The molecule has 0 aromatic carbocycles. The number of Topliss-reactive ketones (excluding diaryl/α,β-unsaturated/α-hetero) is 1. The van der Waals surface area contributed by atoms with Crippen LogP contribution in [0.2, 0.25) is 0 Å². The fraction of sp³-hybridized carbons (Fsp3) is 0.500. The number of carbonyl (C=O) groups is 1. The van der Waals surface area contributed by atoms with Gasteiger partial charge in [-0.15, -0.1) is 0 Å². The van der Waals surface area contributed by atoms with E-state index in [0.29, 0.717) is 6.42 Å². The number of unbranched alkanes of at least 4 members (excludes halogenated alkanes) is 1. The first-order chi connectivity index (χ1) is 8.88. The van der Waals surface area contributed by atoms with E-state index >= 15 is 0 Å². The van der Waals surface area contributed by atoms with Crippen molar-refractivity contribution in [3.63, 3.8) is 0 Å². The van der Waals surface area contributed by atoms with Crippen molar-refractivity contribution < 1.29 is 13.2 Å². The second kappa shape index (κ2) is 8.82. The zero-order chi connectivity index (χ0) is 14.9. The third kappa shape index (κ3) is 6.50. The van der Waals surface area contributed by atoms with Crippen LogP contribution in [0.4, 0.5) is 0 Å². The van der Waals surface area contributed by atoms with Crippen molar-refractivity contribution in [2.75, 3.05) is 12.3 Å². The van der Waals surface area contributed by atoms with Gasteiger partial charge in [-0.2, -0.15) is 0 Å². The summed E-state index contributed by atoms with van der Waals surface area (Å²) in [6.07, 6.45) is 6.04. The Kier molecular flexibility index (Phi) is 8.27. The molecule has 0 aliphatic heterocycles. The number of sulfone groups is 1. The zero-order valence-corrected chi connectivity index (χ0v) is 12.5. The number of ketones is 1. The summed E-state index contributed by atoms with van der Waals surface area (Å²) in [4.78, 5) is 11.7. The molecule has 0 saturated heterocycles. The topological polar surface area (TPSA) is 77.2 Å². The van der Waals surface area contributed by atoms with Gasteiger partial charge in [0.1, 0.15) is 0 Å². The Labute approximate surface area is 116 Å². The molecule has 108 valence electrons. The molecule has 4 nitrogen and oxygen atoms in total. The lowest BCUT2D eigenvalue weighted by atomic mass is 10.1. The van der Waals surface area contributed by atoms with Gasteiger partial charge in [0.05, 0.1) is 10.7 Å². The Morgan fingerprint density at radius 2 is 2.00 bits per heavy atom. The molecular formula is C14H23NO3S. The summed E-state index contributed by atoms with van der Waals surface area (Å²) >= 11 is 0. The maximum atomic E-state index is 12.1. The highest BCUT2D eigenvalue weighted by Crippen LogP contribution is 2.15. The van der Waals surface area contributed by atoms with E-state index in [1.165, 1.54) is 12.2 Å². The van der Waals surface area contributed by atoms with Crippen LogP contribution in [0.5, 0.6) is 0 Å². The van der Waals surface area contributed by atoms with Crippen molar-refractivity contribution >= 4 is 15.6 Å². The summed E-state index contributed by atoms with van der Waals surface area (Å²) in [5, 5.41) is 0. The Balaban J connectivity index is 5.21. The van der Waals surface area contributed by atoms with Gasteiger partial charge >= 0.3 is 0 Å². The number of hydrogen-bond donors (Lipinski definition) is 1. The average Bonchev–Trinajstić information content (AvgIpc) is 2.36. The largest absolute Gasteiger partial charge is 0.330 e. The van der Waals surface area contributed by atoms with Crippen LogP contribution in [0.15, 0.2) is 35.3 Å². The minimum Gasteiger partial charge on any atom is -0.330 e.